The second kappa shape index (κ2) is 7.25. The lowest BCUT2D eigenvalue weighted by Gasteiger charge is -2.15. The number of nitrogens with one attached hydrogen (secondary N) is 1. The topological polar surface area (TPSA) is 73.2 Å². The van der Waals surface area contributed by atoms with Gasteiger partial charge in [0.25, 0.3) is 5.91 Å². The van der Waals surface area contributed by atoms with Crippen molar-refractivity contribution in [1.82, 2.24) is 9.78 Å². The Morgan fingerprint density at radius 3 is 2.58 bits per heavy atom. The number of aryl methyl sites for hydroxylation is 1. The Hall–Kier alpha value is -2.70. The minimum atomic E-state index is -1.03. The lowest BCUT2D eigenvalue weighted by atomic mass is 10.1. The molecule has 0 spiro atoms. The van der Waals surface area contributed by atoms with E-state index in [-0.39, 0.29) is 11.6 Å². The highest BCUT2D eigenvalue weighted by Gasteiger charge is 2.21. The molecular formula is C17H20FN3O3. The highest BCUT2D eigenvalue weighted by Crippen LogP contribution is 2.15. The molecule has 0 saturated carbocycles. The maximum atomic E-state index is 13.5. The SMILES string of the molecule is Cc1ccc(C(=O)O[C@@H](C)C(=O)Nc2ccnn2C(C)C)cc1F. The molecule has 0 aliphatic heterocycles. The van der Waals surface area contributed by atoms with Crippen LogP contribution >= 0.6 is 0 Å². The van der Waals surface area contributed by atoms with Gasteiger partial charge in [-0.3, -0.25) is 4.79 Å². The van der Waals surface area contributed by atoms with E-state index in [4.69, 9.17) is 4.74 Å². The molecule has 1 heterocycles. The van der Waals surface area contributed by atoms with Gasteiger partial charge >= 0.3 is 5.97 Å². The average molecular weight is 333 g/mol. The molecule has 1 amide bonds. The number of esters is 1. The molecule has 2 rings (SSSR count). The quantitative estimate of drug-likeness (QED) is 0.853. The highest BCUT2D eigenvalue weighted by atomic mass is 19.1. The van der Waals surface area contributed by atoms with Crippen molar-refractivity contribution in [2.45, 2.75) is 39.8 Å². The van der Waals surface area contributed by atoms with Crippen LogP contribution in [0.4, 0.5) is 10.2 Å². The first-order chi connectivity index (χ1) is 11.3. The van der Waals surface area contributed by atoms with Gasteiger partial charge < -0.3 is 10.1 Å². The Balaban J connectivity index is 2.01. The molecular weight excluding hydrogens is 313 g/mol. The predicted molar refractivity (Wildman–Crippen MR) is 87.3 cm³/mol. The molecule has 0 aliphatic rings. The maximum Gasteiger partial charge on any atom is 0.339 e. The third-order valence-electron chi connectivity index (χ3n) is 3.47. The Morgan fingerprint density at radius 2 is 1.96 bits per heavy atom. The van der Waals surface area contributed by atoms with Gasteiger partial charge in [0.15, 0.2) is 6.10 Å². The van der Waals surface area contributed by atoms with E-state index in [2.05, 4.69) is 10.4 Å². The molecule has 1 aromatic carbocycles. The largest absolute Gasteiger partial charge is 0.449 e. The summed E-state index contributed by atoms with van der Waals surface area (Å²) in [4.78, 5) is 24.2. The van der Waals surface area contributed by atoms with Crippen molar-refractivity contribution in [3.63, 3.8) is 0 Å². The summed E-state index contributed by atoms with van der Waals surface area (Å²) in [5, 5.41) is 6.77. The average Bonchev–Trinajstić information content (AvgIpc) is 2.98. The summed E-state index contributed by atoms with van der Waals surface area (Å²) >= 11 is 0. The minimum absolute atomic E-state index is 0.0602. The van der Waals surface area contributed by atoms with Crippen molar-refractivity contribution in [3.05, 3.63) is 47.4 Å². The van der Waals surface area contributed by atoms with Crippen LogP contribution in [-0.4, -0.2) is 27.8 Å². The molecule has 1 atom stereocenters. The first-order valence-electron chi connectivity index (χ1n) is 7.61. The number of halogens is 1. The zero-order valence-corrected chi connectivity index (χ0v) is 14.0. The number of benzene rings is 1. The third-order valence-corrected chi connectivity index (χ3v) is 3.47. The second-order valence-corrected chi connectivity index (χ2v) is 5.76. The molecule has 128 valence electrons. The number of amides is 1. The minimum Gasteiger partial charge on any atom is -0.449 e. The summed E-state index contributed by atoms with van der Waals surface area (Å²) in [5.41, 5.74) is 0.490. The summed E-state index contributed by atoms with van der Waals surface area (Å²) in [7, 11) is 0. The van der Waals surface area contributed by atoms with Gasteiger partial charge in [0.2, 0.25) is 0 Å². The number of ether oxygens (including phenoxy) is 1. The summed E-state index contributed by atoms with van der Waals surface area (Å²) < 4.78 is 20.2. The first kappa shape index (κ1) is 17.7. The highest BCUT2D eigenvalue weighted by molar-refractivity contribution is 5.96. The van der Waals surface area contributed by atoms with Crippen molar-refractivity contribution < 1.29 is 18.7 Å². The molecule has 0 bridgehead atoms. The smallest absolute Gasteiger partial charge is 0.339 e. The molecule has 1 N–H and O–H groups in total. The number of anilines is 1. The van der Waals surface area contributed by atoms with Gasteiger partial charge in [-0.1, -0.05) is 6.07 Å². The summed E-state index contributed by atoms with van der Waals surface area (Å²) in [6.45, 7) is 6.91. The van der Waals surface area contributed by atoms with Gasteiger partial charge in [-0.2, -0.15) is 5.10 Å². The van der Waals surface area contributed by atoms with Crippen molar-refractivity contribution in [2.75, 3.05) is 5.32 Å². The molecule has 7 heteroatoms. The maximum absolute atomic E-state index is 13.5. The fraction of sp³-hybridized carbons (Fsp3) is 0.353. The van der Waals surface area contributed by atoms with E-state index < -0.39 is 23.8 Å². The Labute approximate surface area is 139 Å². The van der Waals surface area contributed by atoms with E-state index in [9.17, 15) is 14.0 Å². The normalized spacial score (nSPS) is 12.1. The van der Waals surface area contributed by atoms with Crippen molar-refractivity contribution in [2.24, 2.45) is 0 Å². The van der Waals surface area contributed by atoms with Crippen LogP contribution in [0.5, 0.6) is 0 Å². The van der Waals surface area contributed by atoms with Crippen molar-refractivity contribution >= 4 is 17.7 Å². The number of carbonyl (C=O) groups is 2. The van der Waals surface area contributed by atoms with Crippen LogP contribution in [0.3, 0.4) is 0 Å². The molecule has 0 unspecified atom stereocenters. The number of aromatic nitrogens is 2. The Morgan fingerprint density at radius 1 is 1.25 bits per heavy atom. The number of hydrogen-bond donors (Lipinski definition) is 1. The fourth-order valence-corrected chi connectivity index (χ4v) is 2.05. The molecule has 0 saturated heterocycles. The van der Waals surface area contributed by atoms with Crippen LogP contribution in [-0.2, 0) is 9.53 Å². The standard InChI is InChI=1S/C17H20FN3O3/c1-10(2)21-15(7-8-19-21)20-16(22)12(4)24-17(23)13-6-5-11(3)14(18)9-13/h5-10,12H,1-4H3,(H,20,22)/t12-/m0/s1. The van der Waals surface area contributed by atoms with E-state index in [1.54, 1.807) is 23.9 Å². The molecule has 0 fully saturated rings. The summed E-state index contributed by atoms with van der Waals surface area (Å²) in [5.74, 6) is -1.23. The lowest BCUT2D eigenvalue weighted by molar-refractivity contribution is -0.123. The zero-order valence-electron chi connectivity index (χ0n) is 14.0. The van der Waals surface area contributed by atoms with Gasteiger partial charge in [-0.05, 0) is 45.4 Å². The van der Waals surface area contributed by atoms with Gasteiger partial charge in [0, 0.05) is 12.1 Å². The van der Waals surface area contributed by atoms with Crippen LogP contribution in [0, 0.1) is 12.7 Å². The second-order valence-electron chi connectivity index (χ2n) is 5.76. The number of rotatable bonds is 5. The van der Waals surface area contributed by atoms with Gasteiger partial charge in [-0.15, -0.1) is 0 Å². The van der Waals surface area contributed by atoms with E-state index in [0.29, 0.717) is 11.4 Å². The first-order valence-corrected chi connectivity index (χ1v) is 7.61. The monoisotopic (exact) mass is 333 g/mol. The fourth-order valence-electron chi connectivity index (χ4n) is 2.05. The van der Waals surface area contributed by atoms with Crippen molar-refractivity contribution in [1.29, 1.82) is 0 Å². The molecule has 1 aromatic heterocycles. The van der Waals surface area contributed by atoms with Crippen LogP contribution in [0.15, 0.2) is 30.5 Å². The number of nitrogens with zero attached hydrogens (tertiary/aromatic N) is 2. The van der Waals surface area contributed by atoms with Crippen molar-refractivity contribution in [3.8, 4) is 0 Å². The van der Waals surface area contributed by atoms with Gasteiger partial charge in [0.05, 0.1) is 11.8 Å². The molecule has 0 aliphatic carbocycles. The summed E-state index contributed by atoms with van der Waals surface area (Å²) in [6.07, 6.45) is 0.541. The van der Waals surface area contributed by atoms with Crippen LogP contribution in [0.1, 0.15) is 42.7 Å². The third kappa shape index (κ3) is 3.98. The Kier molecular flexibility index (Phi) is 5.33. The Bertz CT molecular complexity index is 755. The lowest BCUT2D eigenvalue weighted by Crippen LogP contribution is -2.31. The zero-order chi connectivity index (χ0) is 17.9. The van der Waals surface area contributed by atoms with E-state index in [1.165, 1.54) is 19.1 Å². The van der Waals surface area contributed by atoms with Crippen LogP contribution < -0.4 is 5.32 Å². The molecule has 2 aromatic rings. The summed E-state index contributed by atoms with van der Waals surface area (Å²) in [6, 6.07) is 5.76. The van der Waals surface area contributed by atoms with Crippen LogP contribution in [0.2, 0.25) is 0 Å². The van der Waals surface area contributed by atoms with E-state index in [1.807, 2.05) is 13.8 Å². The predicted octanol–water partition coefficient (Wildman–Crippen LogP) is 3.10. The van der Waals surface area contributed by atoms with E-state index >= 15 is 0 Å². The van der Waals surface area contributed by atoms with E-state index in [0.717, 1.165) is 6.07 Å². The van der Waals surface area contributed by atoms with Gasteiger partial charge in [-0.25, -0.2) is 13.9 Å². The number of hydrogen-bond acceptors (Lipinski definition) is 4. The molecule has 24 heavy (non-hydrogen) atoms. The number of carbonyl (C=O) groups excluding carboxylic acids is 2. The molecule has 0 radical (unpaired) electrons. The van der Waals surface area contributed by atoms with Gasteiger partial charge in [0.1, 0.15) is 11.6 Å². The molecule has 6 nitrogen and oxygen atoms in total. The van der Waals surface area contributed by atoms with Crippen LogP contribution in [0.25, 0.3) is 0 Å².